The van der Waals surface area contributed by atoms with Crippen LogP contribution >= 0.6 is 11.8 Å². The third kappa shape index (κ3) is 4.57. The fourth-order valence-corrected chi connectivity index (χ4v) is 5.02. The Hall–Kier alpha value is -3.57. The van der Waals surface area contributed by atoms with Gasteiger partial charge >= 0.3 is 0 Å². The van der Waals surface area contributed by atoms with Gasteiger partial charge in [-0.2, -0.15) is 0 Å². The fraction of sp³-hybridized carbons (Fsp3) is 0.172. The van der Waals surface area contributed by atoms with Crippen LogP contribution in [0.4, 0.5) is 0 Å². The van der Waals surface area contributed by atoms with E-state index in [1.165, 1.54) is 11.1 Å². The zero-order valence-electron chi connectivity index (χ0n) is 19.4. The molecule has 170 valence electrons. The normalized spacial score (nSPS) is 11.4. The van der Waals surface area contributed by atoms with Crippen molar-refractivity contribution in [3.8, 4) is 11.1 Å². The van der Waals surface area contributed by atoms with Gasteiger partial charge in [-0.1, -0.05) is 111 Å². The van der Waals surface area contributed by atoms with Gasteiger partial charge in [0, 0.05) is 17.5 Å². The number of fused-ring (bicyclic) bond motifs is 1. The van der Waals surface area contributed by atoms with E-state index in [0.717, 1.165) is 33.1 Å². The van der Waals surface area contributed by atoms with Gasteiger partial charge in [0.2, 0.25) is 0 Å². The summed E-state index contributed by atoms with van der Waals surface area (Å²) in [4.78, 5) is 21.8. The molecular weight excluding hydrogens is 438 g/mol. The molecule has 2 heterocycles. The van der Waals surface area contributed by atoms with Crippen LogP contribution in [-0.4, -0.2) is 14.5 Å². The van der Waals surface area contributed by atoms with E-state index in [0.29, 0.717) is 18.0 Å². The Morgan fingerprint density at radius 3 is 2.24 bits per heavy atom. The largest absolute Gasteiger partial charge is 0.355 e. The number of aromatic amines is 1. The predicted molar refractivity (Wildman–Crippen MR) is 141 cm³/mol. The number of H-pyrrole nitrogens is 1. The van der Waals surface area contributed by atoms with E-state index in [9.17, 15) is 4.79 Å². The van der Waals surface area contributed by atoms with Crippen LogP contribution in [0, 0.1) is 0 Å². The molecule has 0 amide bonds. The van der Waals surface area contributed by atoms with E-state index < -0.39 is 0 Å². The van der Waals surface area contributed by atoms with Crippen molar-refractivity contribution in [2.45, 2.75) is 37.2 Å². The maximum Gasteiger partial charge on any atom is 0.278 e. The van der Waals surface area contributed by atoms with Crippen molar-refractivity contribution in [2.24, 2.45) is 0 Å². The Labute approximate surface area is 203 Å². The standard InChI is InChI=1S/C29H27N3OS/c1-20(2)23-15-13-22(14-16-23)19-34-29-31-26-25(24-11-7-4-8-12-24)17-30-27(26)28(33)32(29)18-21-9-5-3-6-10-21/h3-17,20,30H,18-19H2,1-2H3. The Balaban J connectivity index is 1.56. The van der Waals surface area contributed by atoms with Gasteiger partial charge in [0.05, 0.1) is 6.54 Å². The SMILES string of the molecule is CC(C)c1ccc(CSc2nc3c(-c4ccccc4)c[nH]c3c(=O)n2Cc2ccccc2)cc1. The molecule has 0 saturated carbocycles. The van der Waals surface area contributed by atoms with E-state index in [4.69, 9.17) is 4.98 Å². The number of aromatic nitrogens is 3. The minimum absolute atomic E-state index is 0.0475. The summed E-state index contributed by atoms with van der Waals surface area (Å²) in [5.41, 5.74) is 6.82. The number of nitrogens with one attached hydrogen (secondary N) is 1. The second kappa shape index (κ2) is 9.74. The Kier molecular flexibility index (Phi) is 6.37. The summed E-state index contributed by atoms with van der Waals surface area (Å²) < 4.78 is 1.79. The summed E-state index contributed by atoms with van der Waals surface area (Å²) in [6.07, 6.45) is 1.89. The second-order valence-electron chi connectivity index (χ2n) is 8.75. The van der Waals surface area contributed by atoms with Crippen molar-refractivity contribution < 1.29 is 0 Å². The minimum atomic E-state index is -0.0475. The average Bonchev–Trinajstić information content (AvgIpc) is 3.30. The maximum atomic E-state index is 13.6. The molecule has 0 fully saturated rings. The molecule has 2 aromatic heterocycles. The van der Waals surface area contributed by atoms with Gasteiger partial charge in [-0.3, -0.25) is 9.36 Å². The summed E-state index contributed by atoms with van der Waals surface area (Å²) in [6, 6.07) is 28.9. The number of rotatable bonds is 7. The van der Waals surface area contributed by atoms with Crippen molar-refractivity contribution in [2.75, 3.05) is 0 Å². The molecule has 0 aliphatic carbocycles. The molecule has 5 rings (SSSR count). The lowest BCUT2D eigenvalue weighted by Crippen LogP contribution is -2.24. The van der Waals surface area contributed by atoms with E-state index in [1.54, 1.807) is 16.3 Å². The first-order valence-electron chi connectivity index (χ1n) is 11.5. The molecule has 34 heavy (non-hydrogen) atoms. The van der Waals surface area contributed by atoms with Crippen LogP contribution in [0.25, 0.3) is 22.2 Å². The summed E-state index contributed by atoms with van der Waals surface area (Å²) in [7, 11) is 0. The van der Waals surface area contributed by atoms with Crippen LogP contribution < -0.4 is 5.56 Å². The molecule has 0 unspecified atom stereocenters. The number of nitrogens with zero attached hydrogens (tertiary/aromatic N) is 2. The number of benzene rings is 3. The zero-order valence-corrected chi connectivity index (χ0v) is 20.2. The smallest absolute Gasteiger partial charge is 0.278 e. The molecule has 0 radical (unpaired) electrons. The van der Waals surface area contributed by atoms with E-state index in [2.05, 4.69) is 43.1 Å². The quantitative estimate of drug-likeness (QED) is 0.211. The van der Waals surface area contributed by atoms with Crippen LogP contribution in [0.2, 0.25) is 0 Å². The van der Waals surface area contributed by atoms with E-state index in [-0.39, 0.29) is 5.56 Å². The summed E-state index contributed by atoms with van der Waals surface area (Å²) in [5.74, 6) is 1.25. The molecule has 5 aromatic rings. The Morgan fingerprint density at radius 1 is 0.882 bits per heavy atom. The molecule has 0 aliphatic rings. The van der Waals surface area contributed by atoms with Crippen molar-refractivity contribution in [1.82, 2.24) is 14.5 Å². The highest BCUT2D eigenvalue weighted by Gasteiger charge is 2.17. The Morgan fingerprint density at radius 2 is 1.56 bits per heavy atom. The third-order valence-corrected chi connectivity index (χ3v) is 7.08. The molecule has 3 aromatic carbocycles. The molecule has 4 nitrogen and oxygen atoms in total. The molecule has 0 spiro atoms. The van der Waals surface area contributed by atoms with Crippen LogP contribution in [0.5, 0.6) is 0 Å². The molecule has 0 atom stereocenters. The van der Waals surface area contributed by atoms with Gasteiger partial charge in [0.15, 0.2) is 5.16 Å². The monoisotopic (exact) mass is 465 g/mol. The Bertz CT molecular complexity index is 1450. The highest BCUT2D eigenvalue weighted by molar-refractivity contribution is 7.98. The summed E-state index contributed by atoms with van der Waals surface area (Å²) in [5, 5.41) is 0.728. The molecule has 0 bridgehead atoms. The van der Waals surface area contributed by atoms with Gasteiger partial charge in [-0.15, -0.1) is 0 Å². The lowest BCUT2D eigenvalue weighted by atomic mass is 10.0. The number of thioether (sulfide) groups is 1. The molecule has 0 saturated heterocycles. The first kappa shape index (κ1) is 22.2. The second-order valence-corrected chi connectivity index (χ2v) is 9.69. The van der Waals surface area contributed by atoms with Crippen molar-refractivity contribution in [3.63, 3.8) is 0 Å². The molecule has 5 heteroatoms. The zero-order chi connectivity index (χ0) is 23.5. The minimum Gasteiger partial charge on any atom is -0.355 e. The van der Waals surface area contributed by atoms with E-state index >= 15 is 0 Å². The first-order valence-corrected chi connectivity index (χ1v) is 12.5. The van der Waals surface area contributed by atoms with Crippen LogP contribution in [0.3, 0.4) is 0 Å². The average molecular weight is 466 g/mol. The van der Waals surface area contributed by atoms with Crippen LogP contribution in [-0.2, 0) is 12.3 Å². The molecule has 1 N–H and O–H groups in total. The van der Waals surface area contributed by atoms with Crippen LogP contribution in [0.15, 0.2) is 101 Å². The van der Waals surface area contributed by atoms with Gasteiger partial charge in [-0.05, 0) is 28.2 Å². The highest BCUT2D eigenvalue weighted by atomic mass is 32.2. The van der Waals surface area contributed by atoms with Crippen molar-refractivity contribution in [1.29, 1.82) is 0 Å². The fourth-order valence-electron chi connectivity index (χ4n) is 4.07. The van der Waals surface area contributed by atoms with Crippen LogP contribution in [0.1, 0.15) is 36.5 Å². The third-order valence-electron chi connectivity index (χ3n) is 6.03. The maximum absolute atomic E-state index is 13.6. The first-order chi connectivity index (χ1) is 16.6. The number of hydrogen-bond donors (Lipinski definition) is 1. The highest BCUT2D eigenvalue weighted by Crippen LogP contribution is 2.29. The number of hydrogen-bond acceptors (Lipinski definition) is 3. The van der Waals surface area contributed by atoms with E-state index in [1.807, 2.05) is 66.9 Å². The lowest BCUT2D eigenvalue weighted by molar-refractivity contribution is 0.657. The topological polar surface area (TPSA) is 50.7 Å². The van der Waals surface area contributed by atoms with Crippen molar-refractivity contribution >= 4 is 22.8 Å². The lowest BCUT2D eigenvalue weighted by Gasteiger charge is -2.13. The van der Waals surface area contributed by atoms with Gasteiger partial charge in [0.1, 0.15) is 11.0 Å². The predicted octanol–water partition coefficient (Wildman–Crippen LogP) is 6.86. The summed E-state index contributed by atoms with van der Waals surface area (Å²) >= 11 is 1.61. The molecule has 0 aliphatic heterocycles. The molecular formula is C29H27N3OS. The van der Waals surface area contributed by atoms with Gasteiger partial charge in [0.25, 0.3) is 5.56 Å². The van der Waals surface area contributed by atoms with Crippen molar-refractivity contribution in [3.05, 3.63) is 118 Å². The summed E-state index contributed by atoms with van der Waals surface area (Å²) in [6.45, 7) is 4.88. The van der Waals surface area contributed by atoms with Gasteiger partial charge < -0.3 is 4.98 Å². The van der Waals surface area contributed by atoms with Gasteiger partial charge in [-0.25, -0.2) is 4.98 Å².